The van der Waals surface area contributed by atoms with Crippen molar-refractivity contribution in [1.29, 1.82) is 0 Å². The average Bonchev–Trinajstić information content (AvgIpc) is 2.88. The summed E-state index contributed by atoms with van der Waals surface area (Å²) in [5, 5.41) is 3.61. The summed E-state index contributed by atoms with van der Waals surface area (Å²) in [4.78, 5) is 9.60. The molecule has 3 heteroatoms. The molecule has 0 rings (SSSR count). The summed E-state index contributed by atoms with van der Waals surface area (Å²) in [6.07, 6.45) is 36.4. The van der Waals surface area contributed by atoms with Crippen LogP contribution in [0.1, 0.15) is 195 Å². The zero-order chi connectivity index (χ0) is 28.0. The number of hydrogen-bond acceptors (Lipinski definition) is 2. The lowest BCUT2D eigenvalue weighted by Gasteiger charge is -2.23. The molecule has 0 aromatic heterocycles. The molecular formula is C35H71N3. The number of amidine groups is 1. The third-order valence-corrected chi connectivity index (χ3v) is 7.39. The van der Waals surface area contributed by atoms with Crippen molar-refractivity contribution in [3.63, 3.8) is 0 Å². The standard InChI is InChI=1S/C35H71N3/c1-6-8-10-12-14-16-18-20-22-24-26-28-31-36-33-30-34(38-35(3,4)5)37-32-29-27-25-23-21-19-17-15-13-11-9-7-2/h33H,6-32H2,1-5H3,(H,37,38). The molecular weight excluding hydrogens is 462 g/mol. The van der Waals surface area contributed by atoms with Gasteiger partial charge in [0, 0.05) is 31.3 Å². The summed E-state index contributed by atoms with van der Waals surface area (Å²) in [6.45, 7) is 13.2. The molecule has 0 aliphatic carbocycles. The van der Waals surface area contributed by atoms with Gasteiger partial charge in [-0.05, 0) is 33.6 Å². The first-order valence-electron chi connectivity index (χ1n) is 17.3. The molecule has 0 fully saturated rings. The van der Waals surface area contributed by atoms with Gasteiger partial charge in [-0.2, -0.15) is 0 Å². The summed E-state index contributed by atoms with van der Waals surface area (Å²) in [5.41, 5.74) is 0.0543. The summed E-state index contributed by atoms with van der Waals surface area (Å²) < 4.78 is 0. The molecule has 3 nitrogen and oxygen atoms in total. The first-order valence-corrected chi connectivity index (χ1v) is 17.3. The van der Waals surface area contributed by atoms with Gasteiger partial charge in [0.2, 0.25) is 0 Å². The Hall–Kier alpha value is -0.860. The highest BCUT2D eigenvalue weighted by Gasteiger charge is 2.11. The second kappa shape index (κ2) is 29.1. The number of nitrogens with zero attached hydrogens (tertiary/aromatic N) is 2. The minimum Gasteiger partial charge on any atom is -0.369 e. The predicted octanol–water partition coefficient (Wildman–Crippen LogP) is 11.6. The molecule has 0 bridgehead atoms. The number of rotatable bonds is 28. The number of nitrogens with one attached hydrogen (secondary N) is 1. The second-order valence-corrected chi connectivity index (χ2v) is 12.8. The Morgan fingerprint density at radius 1 is 0.500 bits per heavy atom. The van der Waals surface area contributed by atoms with Gasteiger partial charge in [-0.15, -0.1) is 0 Å². The molecule has 38 heavy (non-hydrogen) atoms. The van der Waals surface area contributed by atoms with Crippen LogP contribution in [0.25, 0.3) is 0 Å². The first kappa shape index (κ1) is 37.1. The molecule has 0 aliphatic heterocycles. The first-order chi connectivity index (χ1) is 18.5. The monoisotopic (exact) mass is 534 g/mol. The number of hydrogen-bond donors (Lipinski definition) is 1. The van der Waals surface area contributed by atoms with Crippen LogP contribution in [0.2, 0.25) is 0 Å². The Kier molecular flexibility index (Phi) is 28.5. The van der Waals surface area contributed by atoms with Gasteiger partial charge in [0.25, 0.3) is 0 Å². The van der Waals surface area contributed by atoms with E-state index in [0.717, 1.165) is 25.3 Å². The third-order valence-electron chi connectivity index (χ3n) is 7.39. The summed E-state index contributed by atoms with van der Waals surface area (Å²) >= 11 is 0. The van der Waals surface area contributed by atoms with Crippen LogP contribution >= 0.6 is 0 Å². The van der Waals surface area contributed by atoms with Crippen molar-refractivity contribution in [2.75, 3.05) is 13.1 Å². The molecule has 0 heterocycles. The van der Waals surface area contributed by atoms with Crippen molar-refractivity contribution in [1.82, 2.24) is 5.32 Å². The van der Waals surface area contributed by atoms with Crippen molar-refractivity contribution < 1.29 is 0 Å². The molecule has 0 saturated carbocycles. The molecule has 0 aliphatic rings. The third kappa shape index (κ3) is 31.4. The van der Waals surface area contributed by atoms with Gasteiger partial charge in [0.05, 0.1) is 0 Å². The number of aliphatic imine (C=N–C) groups is 2. The molecule has 1 N–H and O–H groups in total. The van der Waals surface area contributed by atoms with Crippen molar-refractivity contribution in [3.8, 4) is 0 Å². The molecule has 0 amide bonds. The van der Waals surface area contributed by atoms with Crippen molar-refractivity contribution in [3.05, 3.63) is 0 Å². The quantitative estimate of drug-likeness (QED) is 0.0606. The van der Waals surface area contributed by atoms with Crippen LogP contribution < -0.4 is 5.32 Å². The lowest BCUT2D eigenvalue weighted by atomic mass is 10.1. The summed E-state index contributed by atoms with van der Waals surface area (Å²) in [5.74, 6) is 1.11. The molecule has 0 aromatic carbocycles. The fourth-order valence-corrected chi connectivity index (χ4v) is 5.04. The lowest BCUT2D eigenvalue weighted by molar-refractivity contribution is 0.507. The second-order valence-electron chi connectivity index (χ2n) is 12.8. The van der Waals surface area contributed by atoms with E-state index in [9.17, 15) is 0 Å². The maximum absolute atomic E-state index is 4.91. The van der Waals surface area contributed by atoms with Crippen LogP contribution in [0.5, 0.6) is 0 Å². The van der Waals surface area contributed by atoms with Gasteiger partial charge in [-0.3, -0.25) is 9.98 Å². The largest absolute Gasteiger partial charge is 0.369 e. The highest BCUT2D eigenvalue weighted by Crippen LogP contribution is 2.13. The van der Waals surface area contributed by atoms with Gasteiger partial charge in [-0.1, -0.05) is 155 Å². The van der Waals surface area contributed by atoms with Gasteiger partial charge >= 0.3 is 0 Å². The van der Waals surface area contributed by atoms with Crippen LogP contribution in [0, 0.1) is 0 Å². The molecule has 0 spiro atoms. The van der Waals surface area contributed by atoms with Crippen LogP contribution in [0.15, 0.2) is 9.98 Å². The van der Waals surface area contributed by atoms with E-state index in [2.05, 4.69) is 46.2 Å². The van der Waals surface area contributed by atoms with Crippen molar-refractivity contribution in [2.24, 2.45) is 9.98 Å². The number of unbranched alkanes of at least 4 members (excludes halogenated alkanes) is 22. The van der Waals surface area contributed by atoms with E-state index in [1.807, 2.05) is 0 Å². The van der Waals surface area contributed by atoms with Gasteiger partial charge in [0.1, 0.15) is 5.84 Å². The molecule has 226 valence electrons. The van der Waals surface area contributed by atoms with Crippen molar-refractivity contribution in [2.45, 2.75) is 201 Å². The van der Waals surface area contributed by atoms with Gasteiger partial charge in [-0.25, -0.2) is 0 Å². The van der Waals surface area contributed by atoms with Crippen LogP contribution in [0.4, 0.5) is 0 Å². The predicted molar refractivity (Wildman–Crippen MR) is 175 cm³/mol. The zero-order valence-electron chi connectivity index (χ0n) is 27.1. The Morgan fingerprint density at radius 2 is 0.842 bits per heavy atom. The van der Waals surface area contributed by atoms with Crippen LogP contribution in [0.3, 0.4) is 0 Å². The van der Waals surface area contributed by atoms with Gasteiger partial charge in [0.15, 0.2) is 0 Å². The topological polar surface area (TPSA) is 36.8 Å². The minimum atomic E-state index is 0.0543. The zero-order valence-corrected chi connectivity index (χ0v) is 27.1. The fourth-order valence-electron chi connectivity index (χ4n) is 5.04. The van der Waals surface area contributed by atoms with E-state index < -0.39 is 0 Å². The molecule has 0 unspecified atom stereocenters. The average molecular weight is 534 g/mol. The van der Waals surface area contributed by atoms with E-state index in [4.69, 9.17) is 9.98 Å². The van der Waals surface area contributed by atoms with E-state index in [-0.39, 0.29) is 5.54 Å². The Labute approximate surface area is 240 Å². The van der Waals surface area contributed by atoms with Crippen molar-refractivity contribution >= 4 is 12.1 Å². The van der Waals surface area contributed by atoms with E-state index in [0.29, 0.717) is 0 Å². The normalized spacial score (nSPS) is 12.6. The van der Waals surface area contributed by atoms with Gasteiger partial charge < -0.3 is 5.32 Å². The highest BCUT2D eigenvalue weighted by atomic mass is 15.0. The SMILES string of the molecule is CCCCCCCCCCCCCCN=CCC(=NCCCCCCCCCCCCCC)NC(C)(C)C. The molecule has 0 radical (unpaired) electrons. The fraction of sp³-hybridized carbons (Fsp3) is 0.943. The summed E-state index contributed by atoms with van der Waals surface area (Å²) in [6, 6.07) is 0. The highest BCUT2D eigenvalue weighted by molar-refractivity contribution is 5.94. The molecule has 0 saturated heterocycles. The van der Waals surface area contributed by atoms with E-state index in [1.54, 1.807) is 0 Å². The Bertz CT molecular complexity index is 518. The molecule has 0 aromatic rings. The van der Waals surface area contributed by atoms with Crippen LogP contribution in [-0.4, -0.2) is 30.7 Å². The maximum atomic E-state index is 4.91. The maximum Gasteiger partial charge on any atom is 0.102 e. The molecule has 0 atom stereocenters. The Balaban J connectivity index is 3.79. The Morgan fingerprint density at radius 3 is 1.21 bits per heavy atom. The van der Waals surface area contributed by atoms with Crippen LogP contribution in [-0.2, 0) is 0 Å². The minimum absolute atomic E-state index is 0.0543. The lowest BCUT2D eigenvalue weighted by Crippen LogP contribution is -2.41. The summed E-state index contributed by atoms with van der Waals surface area (Å²) in [7, 11) is 0. The van der Waals surface area contributed by atoms with E-state index in [1.165, 1.54) is 154 Å². The van der Waals surface area contributed by atoms with E-state index >= 15 is 0 Å². The smallest absolute Gasteiger partial charge is 0.102 e.